The summed E-state index contributed by atoms with van der Waals surface area (Å²) < 4.78 is 0. The van der Waals surface area contributed by atoms with Gasteiger partial charge in [0, 0.05) is 31.1 Å². The SMILES string of the molecule is CCc1nc(N(C)CC2CCCCC2)sc1CNC(C)C. The van der Waals surface area contributed by atoms with Gasteiger partial charge in [-0.1, -0.05) is 40.0 Å². The van der Waals surface area contributed by atoms with Gasteiger partial charge in [0.1, 0.15) is 0 Å². The van der Waals surface area contributed by atoms with Crippen LogP contribution < -0.4 is 10.2 Å². The lowest BCUT2D eigenvalue weighted by molar-refractivity contribution is 0.362. The van der Waals surface area contributed by atoms with E-state index in [9.17, 15) is 0 Å². The third kappa shape index (κ3) is 4.96. The third-order valence-electron chi connectivity index (χ3n) is 4.36. The minimum absolute atomic E-state index is 0.528. The molecule has 0 atom stereocenters. The molecule has 1 fully saturated rings. The van der Waals surface area contributed by atoms with Crippen molar-refractivity contribution in [1.29, 1.82) is 0 Å². The van der Waals surface area contributed by atoms with Gasteiger partial charge in [-0.3, -0.25) is 0 Å². The monoisotopic (exact) mass is 309 g/mol. The smallest absolute Gasteiger partial charge is 0.185 e. The number of nitrogens with one attached hydrogen (secondary N) is 1. The molecule has 0 spiro atoms. The van der Waals surface area contributed by atoms with Gasteiger partial charge >= 0.3 is 0 Å². The molecule has 1 aromatic rings. The molecule has 0 saturated heterocycles. The molecule has 1 saturated carbocycles. The first kappa shape index (κ1) is 16.8. The highest BCUT2D eigenvalue weighted by Crippen LogP contribution is 2.29. The summed E-state index contributed by atoms with van der Waals surface area (Å²) in [5.74, 6) is 0.870. The number of rotatable bonds is 7. The summed E-state index contributed by atoms with van der Waals surface area (Å²) in [6.07, 6.45) is 8.10. The Morgan fingerprint density at radius 3 is 2.62 bits per heavy atom. The molecule has 0 amide bonds. The summed E-state index contributed by atoms with van der Waals surface area (Å²) >= 11 is 1.88. The molecule has 0 aliphatic heterocycles. The predicted octanol–water partition coefficient (Wildman–Crippen LogP) is 4.22. The molecule has 21 heavy (non-hydrogen) atoms. The maximum atomic E-state index is 4.88. The van der Waals surface area contributed by atoms with Gasteiger partial charge in [0.2, 0.25) is 0 Å². The first-order chi connectivity index (χ1) is 10.1. The molecule has 0 unspecified atom stereocenters. The summed E-state index contributed by atoms with van der Waals surface area (Å²) in [6, 6.07) is 0.528. The van der Waals surface area contributed by atoms with Crippen LogP contribution in [0.15, 0.2) is 0 Å². The second-order valence-corrected chi connectivity index (χ2v) is 7.70. The van der Waals surface area contributed by atoms with Gasteiger partial charge in [-0.2, -0.15) is 0 Å². The van der Waals surface area contributed by atoms with Crippen molar-refractivity contribution < 1.29 is 0 Å². The topological polar surface area (TPSA) is 28.2 Å². The third-order valence-corrected chi connectivity index (χ3v) is 5.57. The van der Waals surface area contributed by atoms with Gasteiger partial charge < -0.3 is 10.2 Å². The van der Waals surface area contributed by atoms with E-state index in [4.69, 9.17) is 4.98 Å². The van der Waals surface area contributed by atoms with Crippen molar-refractivity contribution in [2.75, 3.05) is 18.5 Å². The first-order valence-corrected chi connectivity index (χ1v) is 9.34. The van der Waals surface area contributed by atoms with Crippen LogP contribution in [0.1, 0.15) is 63.4 Å². The van der Waals surface area contributed by atoms with Crippen molar-refractivity contribution >= 4 is 16.5 Å². The highest BCUT2D eigenvalue weighted by Gasteiger charge is 2.18. The average Bonchev–Trinajstić information content (AvgIpc) is 2.89. The Labute approximate surface area is 134 Å². The van der Waals surface area contributed by atoms with Crippen molar-refractivity contribution in [1.82, 2.24) is 10.3 Å². The lowest BCUT2D eigenvalue weighted by atomic mass is 9.89. The highest BCUT2D eigenvalue weighted by molar-refractivity contribution is 7.15. The van der Waals surface area contributed by atoms with E-state index < -0.39 is 0 Å². The highest BCUT2D eigenvalue weighted by atomic mass is 32.1. The summed E-state index contributed by atoms with van der Waals surface area (Å²) in [4.78, 5) is 8.68. The maximum Gasteiger partial charge on any atom is 0.185 e. The molecule has 1 aliphatic rings. The Bertz CT molecular complexity index is 422. The predicted molar refractivity (Wildman–Crippen MR) is 93.3 cm³/mol. The fraction of sp³-hybridized carbons (Fsp3) is 0.824. The van der Waals surface area contributed by atoms with Crippen molar-refractivity contribution in [2.45, 2.75) is 71.9 Å². The number of aromatic nitrogens is 1. The molecule has 1 aliphatic carbocycles. The Hall–Kier alpha value is -0.610. The van der Waals surface area contributed by atoms with Crippen LogP contribution >= 0.6 is 11.3 Å². The second kappa shape index (κ2) is 8.14. The standard InChI is InChI=1S/C17H31N3S/c1-5-15-16(11-18-13(2)3)21-17(19-15)20(4)12-14-9-7-6-8-10-14/h13-14,18H,5-12H2,1-4H3. The Balaban J connectivity index is 1.97. The zero-order valence-electron chi connectivity index (χ0n) is 14.1. The largest absolute Gasteiger partial charge is 0.351 e. The van der Waals surface area contributed by atoms with Crippen LogP contribution in [-0.2, 0) is 13.0 Å². The molecule has 0 aromatic carbocycles. The van der Waals surface area contributed by atoms with E-state index in [-0.39, 0.29) is 0 Å². The van der Waals surface area contributed by atoms with E-state index in [0.717, 1.165) is 18.9 Å². The van der Waals surface area contributed by atoms with Crippen molar-refractivity contribution in [3.63, 3.8) is 0 Å². The van der Waals surface area contributed by atoms with Crippen LogP contribution in [-0.4, -0.2) is 24.6 Å². The number of thiazole rings is 1. The maximum absolute atomic E-state index is 4.88. The van der Waals surface area contributed by atoms with Crippen LogP contribution in [0.4, 0.5) is 5.13 Å². The van der Waals surface area contributed by atoms with Crippen LogP contribution in [0.2, 0.25) is 0 Å². The number of nitrogens with zero attached hydrogens (tertiary/aromatic N) is 2. The molecule has 120 valence electrons. The van der Waals surface area contributed by atoms with Crippen LogP contribution in [0.3, 0.4) is 0 Å². The van der Waals surface area contributed by atoms with Crippen molar-refractivity contribution in [3.8, 4) is 0 Å². The van der Waals surface area contributed by atoms with E-state index in [2.05, 4.69) is 38.0 Å². The summed E-state index contributed by atoms with van der Waals surface area (Å²) in [5, 5.41) is 4.73. The Morgan fingerprint density at radius 2 is 2.00 bits per heavy atom. The van der Waals surface area contributed by atoms with E-state index in [0.29, 0.717) is 6.04 Å². The quantitative estimate of drug-likeness (QED) is 0.817. The molecular weight excluding hydrogens is 278 g/mol. The number of hydrogen-bond donors (Lipinski definition) is 1. The average molecular weight is 310 g/mol. The normalized spacial score (nSPS) is 16.6. The molecular formula is C17H31N3S. The molecule has 0 bridgehead atoms. The van der Waals surface area contributed by atoms with Gasteiger partial charge in [0.05, 0.1) is 5.69 Å². The first-order valence-electron chi connectivity index (χ1n) is 8.53. The minimum Gasteiger partial charge on any atom is -0.351 e. The van der Waals surface area contributed by atoms with Crippen LogP contribution in [0.25, 0.3) is 0 Å². The summed E-state index contributed by atoms with van der Waals surface area (Å²) in [6.45, 7) is 8.73. The molecule has 0 radical (unpaired) electrons. The van der Waals surface area contributed by atoms with Crippen LogP contribution in [0, 0.1) is 5.92 Å². The lowest BCUT2D eigenvalue weighted by Crippen LogP contribution is -2.26. The summed E-state index contributed by atoms with van der Waals surface area (Å²) in [5.41, 5.74) is 1.28. The van der Waals surface area contributed by atoms with Gasteiger partial charge in [0.15, 0.2) is 5.13 Å². The zero-order valence-corrected chi connectivity index (χ0v) is 14.9. The van der Waals surface area contributed by atoms with E-state index >= 15 is 0 Å². The van der Waals surface area contributed by atoms with Gasteiger partial charge in [-0.05, 0) is 25.2 Å². The number of aryl methyl sites for hydroxylation is 1. The Morgan fingerprint density at radius 1 is 1.29 bits per heavy atom. The molecule has 1 heterocycles. The van der Waals surface area contributed by atoms with Gasteiger partial charge in [-0.15, -0.1) is 11.3 Å². The van der Waals surface area contributed by atoms with E-state index in [1.54, 1.807) is 0 Å². The van der Waals surface area contributed by atoms with E-state index in [1.807, 2.05) is 11.3 Å². The van der Waals surface area contributed by atoms with Crippen molar-refractivity contribution in [3.05, 3.63) is 10.6 Å². The van der Waals surface area contributed by atoms with Crippen molar-refractivity contribution in [2.24, 2.45) is 5.92 Å². The molecule has 1 N–H and O–H groups in total. The summed E-state index contributed by atoms with van der Waals surface area (Å²) in [7, 11) is 2.21. The number of hydrogen-bond acceptors (Lipinski definition) is 4. The zero-order chi connectivity index (χ0) is 15.2. The molecule has 1 aromatic heterocycles. The molecule has 2 rings (SSSR count). The van der Waals surface area contributed by atoms with Crippen LogP contribution in [0.5, 0.6) is 0 Å². The minimum atomic E-state index is 0.528. The second-order valence-electron chi connectivity index (χ2n) is 6.64. The number of anilines is 1. The lowest BCUT2D eigenvalue weighted by Gasteiger charge is -2.26. The fourth-order valence-corrected chi connectivity index (χ4v) is 4.15. The Kier molecular flexibility index (Phi) is 6.49. The molecule has 3 nitrogen and oxygen atoms in total. The fourth-order valence-electron chi connectivity index (χ4n) is 3.08. The molecule has 4 heteroatoms. The van der Waals surface area contributed by atoms with Gasteiger partial charge in [0.25, 0.3) is 0 Å². The van der Waals surface area contributed by atoms with Gasteiger partial charge in [-0.25, -0.2) is 4.98 Å². The van der Waals surface area contributed by atoms with E-state index in [1.165, 1.54) is 54.4 Å².